The number of hydrogen-bond acceptors (Lipinski definition) is 2. The molecule has 0 aromatic rings. The van der Waals surface area contributed by atoms with Crippen LogP contribution in [0.5, 0.6) is 0 Å². The number of nitrogens with one attached hydrogen (secondary N) is 1. The largest absolute Gasteiger partial charge is 0.411 e. The summed E-state index contributed by atoms with van der Waals surface area (Å²) >= 11 is 0. The topological polar surface area (TPSA) is 21.3 Å². The lowest BCUT2D eigenvalue weighted by molar-refractivity contribution is -0.176. The highest BCUT2D eigenvalue weighted by Gasteiger charge is 2.27. The maximum absolute atomic E-state index is 11.8. The van der Waals surface area contributed by atoms with E-state index in [-0.39, 0.29) is 12.5 Å². The monoisotopic (exact) mass is 227 g/mol. The standard InChI is InChI=1S/C10H20F3NO/c1-8(2)4-9(5-14-3)6-15-7-10(11,12)13/h8-9,14H,4-7H2,1-3H3. The van der Waals surface area contributed by atoms with Gasteiger partial charge in [-0.25, -0.2) is 0 Å². The third kappa shape index (κ3) is 10.0. The molecule has 0 saturated carbocycles. The lowest BCUT2D eigenvalue weighted by atomic mass is 9.98. The van der Waals surface area contributed by atoms with E-state index in [2.05, 4.69) is 10.1 Å². The molecule has 0 aliphatic heterocycles. The molecule has 0 rings (SSSR count). The highest BCUT2D eigenvalue weighted by molar-refractivity contribution is 4.63. The fourth-order valence-electron chi connectivity index (χ4n) is 1.51. The smallest absolute Gasteiger partial charge is 0.372 e. The summed E-state index contributed by atoms with van der Waals surface area (Å²) in [6, 6.07) is 0. The molecule has 0 aliphatic carbocycles. The van der Waals surface area contributed by atoms with E-state index in [1.807, 2.05) is 13.8 Å². The van der Waals surface area contributed by atoms with Crippen molar-refractivity contribution in [2.75, 3.05) is 26.8 Å². The van der Waals surface area contributed by atoms with Gasteiger partial charge < -0.3 is 10.1 Å². The van der Waals surface area contributed by atoms with E-state index in [9.17, 15) is 13.2 Å². The Balaban J connectivity index is 3.75. The molecule has 0 spiro atoms. The van der Waals surface area contributed by atoms with Gasteiger partial charge in [0.1, 0.15) is 6.61 Å². The van der Waals surface area contributed by atoms with Gasteiger partial charge in [-0.3, -0.25) is 0 Å². The molecular formula is C10H20F3NO. The first kappa shape index (κ1) is 14.7. The van der Waals surface area contributed by atoms with Gasteiger partial charge in [-0.2, -0.15) is 13.2 Å². The minimum Gasteiger partial charge on any atom is -0.372 e. The molecule has 2 nitrogen and oxygen atoms in total. The van der Waals surface area contributed by atoms with Gasteiger partial charge >= 0.3 is 6.18 Å². The number of ether oxygens (including phenoxy) is 1. The van der Waals surface area contributed by atoms with Gasteiger partial charge in [-0.1, -0.05) is 13.8 Å². The van der Waals surface area contributed by atoms with Gasteiger partial charge in [0, 0.05) is 0 Å². The molecule has 0 bridgehead atoms. The second-order valence-corrected chi connectivity index (χ2v) is 4.18. The molecule has 92 valence electrons. The molecular weight excluding hydrogens is 207 g/mol. The fourth-order valence-corrected chi connectivity index (χ4v) is 1.51. The molecule has 0 amide bonds. The summed E-state index contributed by atoms with van der Waals surface area (Å²) in [5.74, 6) is 0.621. The van der Waals surface area contributed by atoms with Crippen molar-refractivity contribution in [2.45, 2.75) is 26.4 Å². The molecule has 1 unspecified atom stereocenters. The molecule has 1 N–H and O–H groups in total. The molecule has 0 radical (unpaired) electrons. The molecule has 5 heteroatoms. The Morgan fingerprint density at radius 3 is 2.27 bits per heavy atom. The maximum Gasteiger partial charge on any atom is 0.411 e. The van der Waals surface area contributed by atoms with Crippen LogP contribution in [0.15, 0.2) is 0 Å². The Bertz CT molecular complexity index is 159. The lowest BCUT2D eigenvalue weighted by Gasteiger charge is -2.19. The summed E-state index contributed by atoms with van der Waals surface area (Å²) in [5.41, 5.74) is 0. The fraction of sp³-hybridized carbons (Fsp3) is 1.00. The van der Waals surface area contributed by atoms with Crippen LogP contribution < -0.4 is 5.32 Å². The summed E-state index contributed by atoms with van der Waals surface area (Å²) in [6.45, 7) is 3.80. The average molecular weight is 227 g/mol. The van der Waals surface area contributed by atoms with Crippen LogP contribution in [0.1, 0.15) is 20.3 Å². The summed E-state index contributed by atoms with van der Waals surface area (Å²) in [7, 11) is 1.79. The van der Waals surface area contributed by atoms with Crippen LogP contribution in [0, 0.1) is 11.8 Å². The Morgan fingerprint density at radius 1 is 1.27 bits per heavy atom. The van der Waals surface area contributed by atoms with Gasteiger partial charge in [0.2, 0.25) is 0 Å². The second-order valence-electron chi connectivity index (χ2n) is 4.18. The van der Waals surface area contributed by atoms with Crippen molar-refractivity contribution in [1.82, 2.24) is 5.32 Å². The highest BCUT2D eigenvalue weighted by atomic mass is 19.4. The van der Waals surface area contributed by atoms with Crippen molar-refractivity contribution < 1.29 is 17.9 Å². The van der Waals surface area contributed by atoms with Crippen LogP contribution >= 0.6 is 0 Å². The van der Waals surface area contributed by atoms with Crippen LogP contribution in [0.3, 0.4) is 0 Å². The van der Waals surface area contributed by atoms with E-state index >= 15 is 0 Å². The first-order valence-corrected chi connectivity index (χ1v) is 5.14. The van der Waals surface area contributed by atoms with Crippen molar-refractivity contribution in [3.05, 3.63) is 0 Å². The minimum absolute atomic E-state index is 0.150. The summed E-state index contributed by atoms with van der Waals surface area (Å²) in [4.78, 5) is 0. The van der Waals surface area contributed by atoms with Gasteiger partial charge in [0.05, 0.1) is 6.61 Å². The predicted molar refractivity (Wildman–Crippen MR) is 53.7 cm³/mol. The maximum atomic E-state index is 11.8. The van der Waals surface area contributed by atoms with Crippen molar-refractivity contribution in [3.8, 4) is 0 Å². The Morgan fingerprint density at radius 2 is 1.87 bits per heavy atom. The first-order chi connectivity index (χ1) is 6.85. The highest BCUT2D eigenvalue weighted by Crippen LogP contribution is 2.16. The van der Waals surface area contributed by atoms with Gasteiger partial charge in [-0.05, 0) is 31.8 Å². The molecule has 0 heterocycles. The van der Waals surface area contributed by atoms with E-state index in [0.717, 1.165) is 6.42 Å². The number of hydrogen-bond donors (Lipinski definition) is 1. The molecule has 0 aromatic heterocycles. The van der Waals surface area contributed by atoms with Crippen LogP contribution in [0.4, 0.5) is 13.2 Å². The molecule has 15 heavy (non-hydrogen) atoms. The molecule has 0 aromatic carbocycles. The van der Waals surface area contributed by atoms with E-state index in [1.165, 1.54) is 0 Å². The lowest BCUT2D eigenvalue weighted by Crippen LogP contribution is -2.27. The Labute approximate surface area is 89.2 Å². The van der Waals surface area contributed by atoms with E-state index in [0.29, 0.717) is 12.5 Å². The van der Waals surface area contributed by atoms with Crippen molar-refractivity contribution in [2.24, 2.45) is 11.8 Å². The predicted octanol–water partition coefficient (Wildman–Crippen LogP) is 2.45. The summed E-state index contributed by atoms with van der Waals surface area (Å²) in [5, 5.41) is 2.96. The average Bonchev–Trinajstić information content (AvgIpc) is 2.00. The molecule has 1 atom stereocenters. The zero-order valence-corrected chi connectivity index (χ0v) is 9.53. The third-order valence-corrected chi connectivity index (χ3v) is 1.92. The van der Waals surface area contributed by atoms with Crippen molar-refractivity contribution in [3.63, 3.8) is 0 Å². The normalized spacial score (nSPS) is 14.6. The summed E-state index contributed by atoms with van der Waals surface area (Å²) < 4.78 is 40.1. The van der Waals surface area contributed by atoms with E-state index in [4.69, 9.17) is 0 Å². The van der Waals surface area contributed by atoms with Crippen LogP contribution in [0.25, 0.3) is 0 Å². The van der Waals surface area contributed by atoms with E-state index in [1.54, 1.807) is 7.05 Å². The third-order valence-electron chi connectivity index (χ3n) is 1.92. The number of alkyl halides is 3. The SMILES string of the molecule is CNCC(COCC(F)(F)F)CC(C)C. The quantitative estimate of drug-likeness (QED) is 0.721. The van der Waals surface area contributed by atoms with Crippen molar-refractivity contribution in [1.29, 1.82) is 0 Å². The van der Waals surface area contributed by atoms with Gasteiger partial charge in [0.25, 0.3) is 0 Å². The minimum atomic E-state index is -4.22. The number of rotatable bonds is 7. The van der Waals surface area contributed by atoms with Crippen LogP contribution in [-0.2, 0) is 4.74 Å². The first-order valence-electron chi connectivity index (χ1n) is 5.14. The zero-order valence-electron chi connectivity index (χ0n) is 9.53. The molecule has 0 fully saturated rings. The van der Waals surface area contributed by atoms with Crippen LogP contribution in [0.2, 0.25) is 0 Å². The van der Waals surface area contributed by atoms with E-state index < -0.39 is 12.8 Å². The zero-order chi connectivity index (χ0) is 11.9. The van der Waals surface area contributed by atoms with Crippen LogP contribution in [-0.4, -0.2) is 33.0 Å². The Kier molecular flexibility index (Phi) is 6.92. The van der Waals surface area contributed by atoms with Crippen molar-refractivity contribution >= 4 is 0 Å². The second kappa shape index (κ2) is 7.06. The number of halogens is 3. The Hall–Kier alpha value is -0.290. The summed E-state index contributed by atoms with van der Waals surface area (Å²) in [6.07, 6.45) is -3.35. The van der Waals surface area contributed by atoms with Gasteiger partial charge in [-0.15, -0.1) is 0 Å². The van der Waals surface area contributed by atoms with Gasteiger partial charge in [0.15, 0.2) is 0 Å². The molecule has 0 saturated heterocycles. The molecule has 0 aliphatic rings.